The fourth-order valence-corrected chi connectivity index (χ4v) is 3.83. The number of halogens is 4. The number of aromatic nitrogens is 2. The van der Waals surface area contributed by atoms with E-state index in [0.717, 1.165) is 21.3 Å². The molecule has 0 saturated carbocycles. The Bertz CT molecular complexity index is 1450. The zero-order chi connectivity index (χ0) is 24.8. The van der Waals surface area contributed by atoms with Crippen molar-refractivity contribution in [3.8, 4) is 16.8 Å². The molecule has 0 aliphatic carbocycles. The molecule has 0 radical (unpaired) electrons. The molecule has 0 spiro atoms. The highest BCUT2D eigenvalue weighted by atomic mass is 79.9. The summed E-state index contributed by atoms with van der Waals surface area (Å²) in [5.74, 6) is -0.976. The van der Waals surface area contributed by atoms with Crippen LogP contribution >= 0.6 is 27.5 Å². The number of carbonyl (C=O) groups is 1. The van der Waals surface area contributed by atoms with E-state index < -0.39 is 5.82 Å². The first-order valence-electron chi connectivity index (χ1n) is 10.5. The van der Waals surface area contributed by atoms with Gasteiger partial charge in [-0.1, -0.05) is 70.0 Å². The van der Waals surface area contributed by atoms with E-state index in [4.69, 9.17) is 11.6 Å². The highest BCUT2D eigenvalue weighted by molar-refractivity contribution is 9.10. The second kappa shape index (κ2) is 11.2. The van der Waals surface area contributed by atoms with Crippen molar-refractivity contribution in [1.29, 1.82) is 0 Å². The summed E-state index contributed by atoms with van der Waals surface area (Å²) in [5, 5.41) is 0.669. The van der Waals surface area contributed by atoms with E-state index in [0.29, 0.717) is 5.02 Å². The molecule has 0 amide bonds. The third-order valence-corrected chi connectivity index (χ3v) is 5.89. The molecular weight excluding hydrogens is 534 g/mol. The van der Waals surface area contributed by atoms with E-state index >= 15 is 0 Å². The van der Waals surface area contributed by atoms with Crippen molar-refractivity contribution >= 4 is 33.3 Å². The molecule has 1 heterocycles. The number of benzene rings is 4. The average molecular weight is 552 g/mol. The summed E-state index contributed by atoms with van der Waals surface area (Å²) in [6.45, 7) is 0. The molecule has 35 heavy (non-hydrogen) atoms. The van der Waals surface area contributed by atoms with Crippen molar-refractivity contribution in [3.05, 3.63) is 142 Å². The van der Waals surface area contributed by atoms with Crippen LogP contribution in [0.5, 0.6) is 0 Å². The number of hydrogen-bond donors (Lipinski definition) is 0. The van der Waals surface area contributed by atoms with Crippen molar-refractivity contribution in [2.24, 2.45) is 0 Å². The van der Waals surface area contributed by atoms with Gasteiger partial charge in [0.1, 0.15) is 23.7 Å². The topological polar surface area (TPSA) is 34.9 Å². The second-order valence-electron chi connectivity index (χ2n) is 7.47. The molecule has 0 saturated heterocycles. The van der Waals surface area contributed by atoms with Crippen LogP contribution in [0, 0.1) is 11.6 Å². The van der Waals surface area contributed by atoms with Crippen LogP contribution in [0.25, 0.3) is 16.8 Å². The Morgan fingerprint density at radius 2 is 1.57 bits per heavy atom. The highest BCUT2D eigenvalue weighted by Gasteiger charge is 2.14. The molecular formula is C28H18BrClF2N2O. The van der Waals surface area contributed by atoms with E-state index in [2.05, 4.69) is 20.9 Å². The number of nitrogens with zero attached hydrogens (tertiary/aromatic N) is 2. The monoisotopic (exact) mass is 550 g/mol. The molecule has 1 aromatic heterocycles. The lowest BCUT2D eigenvalue weighted by molar-refractivity contribution is 0.103. The largest absolute Gasteiger partial charge is 0.306 e. The lowest BCUT2D eigenvalue weighted by atomic mass is 10.1. The number of ketones is 1. The number of rotatable bonds is 4. The van der Waals surface area contributed by atoms with Gasteiger partial charge in [0.25, 0.3) is 0 Å². The Labute approximate surface area is 214 Å². The van der Waals surface area contributed by atoms with E-state index in [9.17, 15) is 13.6 Å². The summed E-state index contributed by atoms with van der Waals surface area (Å²) < 4.78 is 28.1. The van der Waals surface area contributed by atoms with Gasteiger partial charge in [-0.15, -0.1) is 0 Å². The Morgan fingerprint density at radius 3 is 2.29 bits per heavy atom. The number of carbonyl (C=O) groups excluding carboxylic acids is 1. The molecule has 0 bridgehead atoms. The highest BCUT2D eigenvalue weighted by Crippen LogP contribution is 2.29. The molecule has 4 aromatic carbocycles. The van der Waals surface area contributed by atoms with Crippen LogP contribution in [0.1, 0.15) is 16.1 Å². The normalized spacial score (nSPS) is 10.4. The molecule has 5 rings (SSSR count). The molecule has 0 fully saturated rings. The minimum atomic E-state index is -0.451. The van der Waals surface area contributed by atoms with Crippen molar-refractivity contribution < 1.29 is 13.6 Å². The minimum absolute atomic E-state index is 0.201. The van der Waals surface area contributed by atoms with Crippen molar-refractivity contribution in [2.75, 3.05) is 0 Å². The van der Waals surface area contributed by atoms with Gasteiger partial charge >= 0.3 is 0 Å². The van der Waals surface area contributed by atoms with E-state index in [1.807, 2.05) is 48.5 Å². The first-order chi connectivity index (χ1) is 16.9. The van der Waals surface area contributed by atoms with Crippen LogP contribution in [0.2, 0.25) is 5.02 Å². The zero-order valence-electron chi connectivity index (χ0n) is 18.2. The van der Waals surface area contributed by atoms with Gasteiger partial charge < -0.3 is 4.57 Å². The third kappa shape index (κ3) is 6.29. The van der Waals surface area contributed by atoms with Gasteiger partial charge in [-0.3, -0.25) is 4.79 Å². The van der Waals surface area contributed by atoms with Gasteiger partial charge in [-0.05, 0) is 60.2 Å². The molecule has 0 aliphatic rings. The summed E-state index contributed by atoms with van der Waals surface area (Å²) in [6, 6.07) is 27.1. The number of hydrogen-bond acceptors (Lipinski definition) is 2. The third-order valence-electron chi connectivity index (χ3n) is 5.03. The molecule has 0 aliphatic heterocycles. The summed E-state index contributed by atoms with van der Waals surface area (Å²) in [5.41, 5.74) is 3.26. The first kappa shape index (κ1) is 24.5. The Hall–Kier alpha value is -3.61. The minimum Gasteiger partial charge on any atom is -0.306 e. The SMILES string of the molecule is Fc1ccc(Br)cc1.O=C(c1cccc(F)c1)c1cn(-c2cccc(-c3ccccc3Cl)c2)cn1. The summed E-state index contributed by atoms with van der Waals surface area (Å²) >= 11 is 9.47. The molecule has 3 nitrogen and oxygen atoms in total. The summed E-state index contributed by atoms with van der Waals surface area (Å²) in [4.78, 5) is 16.7. The van der Waals surface area contributed by atoms with E-state index in [1.165, 1.54) is 30.3 Å². The van der Waals surface area contributed by atoms with Crippen LogP contribution < -0.4 is 0 Å². The maximum Gasteiger partial charge on any atom is 0.213 e. The van der Waals surface area contributed by atoms with Gasteiger partial charge in [-0.25, -0.2) is 13.8 Å². The van der Waals surface area contributed by atoms with Gasteiger partial charge in [-0.2, -0.15) is 0 Å². The second-order valence-corrected chi connectivity index (χ2v) is 8.80. The molecule has 5 aromatic rings. The fraction of sp³-hybridized carbons (Fsp3) is 0. The van der Waals surface area contributed by atoms with Crippen LogP contribution in [0.3, 0.4) is 0 Å². The van der Waals surface area contributed by atoms with Crippen molar-refractivity contribution in [3.63, 3.8) is 0 Å². The van der Waals surface area contributed by atoms with Gasteiger partial charge in [0, 0.05) is 32.5 Å². The zero-order valence-corrected chi connectivity index (χ0v) is 20.5. The van der Waals surface area contributed by atoms with Crippen LogP contribution in [0.4, 0.5) is 8.78 Å². The van der Waals surface area contributed by atoms with Crippen molar-refractivity contribution in [1.82, 2.24) is 9.55 Å². The van der Waals surface area contributed by atoms with Gasteiger partial charge in [0.2, 0.25) is 5.78 Å². The van der Waals surface area contributed by atoms with Crippen LogP contribution in [0.15, 0.2) is 114 Å². The maximum absolute atomic E-state index is 13.4. The molecule has 0 atom stereocenters. The summed E-state index contributed by atoms with van der Waals surface area (Å²) in [6.07, 6.45) is 3.21. The fourth-order valence-electron chi connectivity index (χ4n) is 3.32. The molecule has 7 heteroatoms. The summed E-state index contributed by atoms with van der Waals surface area (Å²) in [7, 11) is 0. The quantitative estimate of drug-likeness (QED) is 0.211. The maximum atomic E-state index is 13.4. The number of imidazole rings is 1. The lowest BCUT2D eigenvalue weighted by Crippen LogP contribution is -2.02. The molecule has 0 N–H and O–H groups in total. The van der Waals surface area contributed by atoms with Crippen molar-refractivity contribution in [2.45, 2.75) is 0 Å². The van der Waals surface area contributed by atoms with Gasteiger partial charge in [0.15, 0.2) is 0 Å². The lowest BCUT2D eigenvalue weighted by Gasteiger charge is -2.07. The predicted molar refractivity (Wildman–Crippen MR) is 138 cm³/mol. The Kier molecular flexibility index (Phi) is 7.85. The Balaban J connectivity index is 0.000000308. The van der Waals surface area contributed by atoms with Crippen LogP contribution in [-0.2, 0) is 0 Å². The molecule has 174 valence electrons. The van der Waals surface area contributed by atoms with Crippen LogP contribution in [-0.4, -0.2) is 15.3 Å². The molecule has 0 unspecified atom stereocenters. The smallest absolute Gasteiger partial charge is 0.213 e. The van der Waals surface area contributed by atoms with E-state index in [-0.39, 0.29) is 22.9 Å². The standard InChI is InChI=1S/C22H14ClFN2O.C6H4BrF/c23-20-10-2-1-9-19(20)15-5-4-8-18(12-15)26-13-21(25-14-26)22(27)16-6-3-7-17(24)11-16;7-5-1-3-6(8)4-2-5/h1-14H;1-4H. The first-order valence-corrected chi connectivity index (χ1v) is 11.7. The van der Waals surface area contributed by atoms with E-state index in [1.54, 1.807) is 35.3 Å². The average Bonchev–Trinajstić information content (AvgIpc) is 3.37. The van der Waals surface area contributed by atoms with Gasteiger partial charge in [0.05, 0.1) is 0 Å². The predicted octanol–water partition coefficient (Wildman–Crippen LogP) is 8.15. The Morgan fingerprint density at radius 1 is 0.829 bits per heavy atom.